The number of esters is 1. The third kappa shape index (κ3) is 3.20. The van der Waals surface area contributed by atoms with E-state index in [9.17, 15) is 9.59 Å². The number of aromatic nitrogens is 1. The smallest absolute Gasteiger partial charge is 0.353 e. The van der Waals surface area contributed by atoms with Crippen LogP contribution in [0.15, 0.2) is 0 Å². The van der Waals surface area contributed by atoms with Crippen LogP contribution in [0.25, 0.3) is 0 Å². The van der Waals surface area contributed by atoms with Crippen molar-refractivity contribution in [3.8, 4) is 5.88 Å². The Morgan fingerprint density at radius 2 is 2.19 bits per heavy atom. The van der Waals surface area contributed by atoms with Gasteiger partial charge in [0.1, 0.15) is 0 Å². The molecule has 0 saturated carbocycles. The van der Waals surface area contributed by atoms with Crippen LogP contribution in [-0.2, 0) is 9.53 Å². The molecule has 1 rings (SSSR count). The maximum Gasteiger partial charge on any atom is 0.353 e. The van der Waals surface area contributed by atoms with Crippen LogP contribution in [0, 0.1) is 6.92 Å². The highest BCUT2D eigenvalue weighted by atomic mass is 32.1. The summed E-state index contributed by atoms with van der Waals surface area (Å²) in [4.78, 5) is 25.9. The van der Waals surface area contributed by atoms with Gasteiger partial charge >= 0.3 is 11.9 Å². The van der Waals surface area contributed by atoms with Gasteiger partial charge in [-0.25, -0.2) is 14.6 Å². The molecule has 0 bridgehead atoms. The van der Waals surface area contributed by atoms with E-state index < -0.39 is 18.5 Å². The normalized spacial score (nSPS) is 9.88. The molecule has 6 nitrogen and oxygen atoms in total. The Morgan fingerprint density at radius 1 is 1.50 bits per heavy atom. The minimum absolute atomic E-state index is 0.0170. The van der Waals surface area contributed by atoms with Crippen molar-refractivity contribution in [3.63, 3.8) is 0 Å². The topological polar surface area (TPSA) is 85.7 Å². The molecule has 1 aromatic heterocycles. The van der Waals surface area contributed by atoms with Crippen LogP contribution >= 0.6 is 11.3 Å². The van der Waals surface area contributed by atoms with Gasteiger partial charge in [-0.15, -0.1) is 11.3 Å². The van der Waals surface area contributed by atoms with Crippen molar-refractivity contribution < 1.29 is 24.2 Å². The summed E-state index contributed by atoms with van der Waals surface area (Å²) in [7, 11) is 0. The number of carbonyl (C=O) groups excluding carboxylic acids is 1. The minimum atomic E-state index is -1.12. The van der Waals surface area contributed by atoms with Crippen molar-refractivity contribution in [2.45, 2.75) is 13.8 Å². The molecule has 0 spiro atoms. The van der Waals surface area contributed by atoms with Gasteiger partial charge in [0, 0.05) is 0 Å². The quantitative estimate of drug-likeness (QED) is 0.781. The van der Waals surface area contributed by atoms with Crippen molar-refractivity contribution in [3.05, 3.63) is 9.88 Å². The lowest BCUT2D eigenvalue weighted by molar-refractivity contribution is -0.139. The summed E-state index contributed by atoms with van der Waals surface area (Å²) in [6, 6.07) is 0. The van der Waals surface area contributed by atoms with Crippen LogP contribution in [0.3, 0.4) is 0 Å². The summed E-state index contributed by atoms with van der Waals surface area (Å²) in [5.74, 6) is -1.66. The molecule has 0 aliphatic carbocycles. The zero-order valence-electron chi connectivity index (χ0n) is 8.85. The number of aryl methyl sites for hydroxylation is 1. The standard InChI is InChI=1S/C9H11NO5S/c1-3-14-9(13)7-8(10-5(2)16-7)15-4-6(11)12/h3-4H2,1-2H3,(H,11,12). The first-order valence-electron chi connectivity index (χ1n) is 4.53. The van der Waals surface area contributed by atoms with Gasteiger partial charge in [-0.1, -0.05) is 0 Å². The van der Waals surface area contributed by atoms with Gasteiger partial charge in [-0.2, -0.15) is 0 Å². The lowest BCUT2D eigenvalue weighted by Gasteiger charge is -2.02. The zero-order chi connectivity index (χ0) is 12.1. The lowest BCUT2D eigenvalue weighted by atomic mass is 10.5. The summed E-state index contributed by atoms with van der Waals surface area (Å²) in [5, 5.41) is 9.06. The largest absolute Gasteiger partial charge is 0.479 e. The SMILES string of the molecule is CCOC(=O)c1sc(C)nc1OCC(=O)O. The molecule has 0 aliphatic heterocycles. The summed E-state index contributed by atoms with van der Waals surface area (Å²) in [6.45, 7) is 3.09. The van der Waals surface area contributed by atoms with Crippen molar-refractivity contribution in [2.75, 3.05) is 13.2 Å². The van der Waals surface area contributed by atoms with E-state index in [0.29, 0.717) is 5.01 Å². The van der Waals surface area contributed by atoms with E-state index in [4.69, 9.17) is 14.6 Å². The number of hydrogen-bond donors (Lipinski definition) is 1. The molecule has 0 unspecified atom stereocenters. The second-order valence-corrected chi connectivity index (χ2v) is 3.97. The summed E-state index contributed by atoms with van der Waals surface area (Å²) in [6.07, 6.45) is 0. The Labute approximate surface area is 95.8 Å². The Bertz CT molecular complexity index is 401. The van der Waals surface area contributed by atoms with E-state index in [1.807, 2.05) is 0 Å². The monoisotopic (exact) mass is 245 g/mol. The van der Waals surface area contributed by atoms with E-state index in [1.165, 1.54) is 0 Å². The summed E-state index contributed by atoms with van der Waals surface area (Å²) < 4.78 is 9.68. The Morgan fingerprint density at radius 3 is 2.75 bits per heavy atom. The van der Waals surface area contributed by atoms with Crippen LogP contribution in [0.2, 0.25) is 0 Å². The molecule has 1 N–H and O–H groups in total. The second kappa shape index (κ2) is 5.45. The molecule has 0 aliphatic rings. The third-order valence-electron chi connectivity index (χ3n) is 1.50. The molecule has 1 heterocycles. The van der Waals surface area contributed by atoms with Crippen LogP contribution < -0.4 is 4.74 Å². The number of carboxylic acids is 1. The number of hydrogen-bond acceptors (Lipinski definition) is 6. The number of nitrogens with zero attached hydrogens (tertiary/aromatic N) is 1. The first kappa shape index (κ1) is 12.4. The van der Waals surface area contributed by atoms with Crippen LogP contribution in [0.1, 0.15) is 21.6 Å². The molecule has 0 saturated heterocycles. The Kier molecular flexibility index (Phi) is 4.24. The fourth-order valence-electron chi connectivity index (χ4n) is 0.961. The van der Waals surface area contributed by atoms with E-state index in [-0.39, 0.29) is 17.4 Å². The van der Waals surface area contributed by atoms with E-state index in [2.05, 4.69) is 4.98 Å². The molecule has 16 heavy (non-hydrogen) atoms. The third-order valence-corrected chi connectivity index (χ3v) is 2.43. The van der Waals surface area contributed by atoms with Crippen molar-refractivity contribution in [2.24, 2.45) is 0 Å². The zero-order valence-corrected chi connectivity index (χ0v) is 9.67. The molecular formula is C9H11NO5S. The predicted octanol–water partition coefficient (Wildman–Crippen LogP) is 1.09. The fourth-order valence-corrected chi connectivity index (χ4v) is 1.72. The van der Waals surface area contributed by atoms with Crippen LogP contribution in [-0.4, -0.2) is 35.2 Å². The van der Waals surface area contributed by atoms with Crippen molar-refractivity contribution in [1.82, 2.24) is 4.98 Å². The lowest BCUT2D eigenvalue weighted by Crippen LogP contribution is -2.12. The molecule has 7 heteroatoms. The maximum absolute atomic E-state index is 11.4. The first-order valence-corrected chi connectivity index (χ1v) is 5.35. The summed E-state index contributed by atoms with van der Waals surface area (Å²) in [5.41, 5.74) is 0. The van der Waals surface area contributed by atoms with E-state index >= 15 is 0 Å². The highest BCUT2D eigenvalue weighted by molar-refractivity contribution is 7.13. The number of rotatable bonds is 5. The minimum Gasteiger partial charge on any atom is -0.479 e. The fraction of sp³-hybridized carbons (Fsp3) is 0.444. The average Bonchev–Trinajstić information content (AvgIpc) is 2.57. The van der Waals surface area contributed by atoms with E-state index in [1.54, 1.807) is 13.8 Å². The molecule has 0 atom stereocenters. The van der Waals surface area contributed by atoms with Gasteiger partial charge in [-0.3, -0.25) is 0 Å². The molecule has 0 radical (unpaired) electrons. The molecule has 1 aromatic rings. The van der Waals surface area contributed by atoms with Gasteiger partial charge in [0.25, 0.3) is 0 Å². The average molecular weight is 245 g/mol. The van der Waals surface area contributed by atoms with Gasteiger partial charge in [0.15, 0.2) is 11.5 Å². The summed E-state index contributed by atoms with van der Waals surface area (Å²) >= 11 is 1.11. The van der Waals surface area contributed by atoms with Crippen LogP contribution in [0.5, 0.6) is 5.88 Å². The molecule has 0 amide bonds. The van der Waals surface area contributed by atoms with Gasteiger partial charge in [0.2, 0.25) is 5.88 Å². The second-order valence-electron chi connectivity index (χ2n) is 2.77. The highest BCUT2D eigenvalue weighted by Gasteiger charge is 2.19. The van der Waals surface area contributed by atoms with Gasteiger partial charge in [-0.05, 0) is 13.8 Å². The number of thiazole rings is 1. The maximum atomic E-state index is 11.4. The number of aliphatic carboxylic acids is 1. The Hall–Kier alpha value is -1.63. The van der Waals surface area contributed by atoms with Crippen molar-refractivity contribution >= 4 is 23.3 Å². The van der Waals surface area contributed by atoms with E-state index in [0.717, 1.165) is 11.3 Å². The number of carbonyl (C=O) groups is 2. The highest BCUT2D eigenvalue weighted by Crippen LogP contribution is 2.25. The van der Waals surface area contributed by atoms with Crippen LogP contribution in [0.4, 0.5) is 0 Å². The number of ether oxygens (including phenoxy) is 2. The Balaban J connectivity index is 2.82. The molecule has 0 fully saturated rings. The molecule has 88 valence electrons. The van der Waals surface area contributed by atoms with Gasteiger partial charge in [0.05, 0.1) is 11.6 Å². The number of carboxylic acid groups (broad SMARTS) is 1. The molecule has 0 aromatic carbocycles. The van der Waals surface area contributed by atoms with Crippen molar-refractivity contribution in [1.29, 1.82) is 0 Å². The first-order chi connectivity index (χ1) is 7.54. The predicted molar refractivity (Wildman–Crippen MR) is 55.9 cm³/mol. The molecular weight excluding hydrogens is 234 g/mol. The van der Waals surface area contributed by atoms with Gasteiger partial charge < -0.3 is 14.6 Å².